The Labute approximate surface area is 159 Å². The van der Waals surface area contributed by atoms with E-state index in [0.717, 1.165) is 15.8 Å². The van der Waals surface area contributed by atoms with Gasteiger partial charge in [-0.2, -0.15) is 0 Å². The van der Waals surface area contributed by atoms with Crippen molar-refractivity contribution in [2.24, 2.45) is 14.1 Å². The Morgan fingerprint density at radius 1 is 0.964 bits per heavy atom. The van der Waals surface area contributed by atoms with Crippen LogP contribution in [0, 0.1) is 12.7 Å². The van der Waals surface area contributed by atoms with Gasteiger partial charge in [0.2, 0.25) is 0 Å². The monoisotopic (exact) mass is 378 g/mol. The normalized spacial score (nSPS) is 11.3. The number of aryl methyl sites for hydroxylation is 2. The summed E-state index contributed by atoms with van der Waals surface area (Å²) in [5.41, 5.74) is 9.29. The molecule has 0 spiro atoms. The van der Waals surface area contributed by atoms with E-state index < -0.39 is 11.2 Å². The molecule has 4 aromatic rings. The smallest absolute Gasteiger partial charge is 0.330 e. The molecule has 28 heavy (non-hydrogen) atoms. The van der Waals surface area contributed by atoms with Crippen molar-refractivity contribution in [2.75, 3.05) is 5.73 Å². The molecule has 2 N–H and O–H groups in total. The van der Waals surface area contributed by atoms with Gasteiger partial charge >= 0.3 is 5.69 Å². The Morgan fingerprint density at radius 3 is 2.29 bits per heavy atom. The minimum absolute atomic E-state index is 0.369. The lowest BCUT2D eigenvalue weighted by molar-refractivity contribution is 0.628. The van der Waals surface area contributed by atoms with Gasteiger partial charge in [0.15, 0.2) is 0 Å². The fraction of sp³-hybridized carbons (Fsp3) is 0.143. The van der Waals surface area contributed by atoms with E-state index in [1.54, 1.807) is 25.4 Å². The van der Waals surface area contributed by atoms with Crippen LogP contribution in [0.4, 0.5) is 10.1 Å². The zero-order valence-corrected chi connectivity index (χ0v) is 15.7. The molecule has 4 rings (SSSR count). The summed E-state index contributed by atoms with van der Waals surface area (Å²) in [5.74, 6) is -0.369. The molecule has 0 radical (unpaired) electrons. The summed E-state index contributed by atoms with van der Waals surface area (Å²) in [7, 11) is 3.06. The first-order chi connectivity index (χ1) is 13.3. The highest BCUT2D eigenvalue weighted by Gasteiger charge is 2.20. The summed E-state index contributed by atoms with van der Waals surface area (Å²) in [6, 6.07) is 11.5. The standard InChI is InChI=1S/C21H19FN4O2/c1-12-4-9-15(10-16(12)23)26-11-17-18(20(27)25(3)21(28)24(17)2)19(26)13-5-7-14(22)8-6-13/h4-11H,23H2,1-3H3. The Balaban J connectivity index is 2.19. The van der Waals surface area contributed by atoms with Gasteiger partial charge in [-0.05, 0) is 54.4 Å². The zero-order chi connectivity index (χ0) is 20.2. The first kappa shape index (κ1) is 17.8. The van der Waals surface area contributed by atoms with E-state index in [4.69, 9.17) is 5.73 Å². The van der Waals surface area contributed by atoms with Crippen molar-refractivity contribution < 1.29 is 4.39 Å². The molecular weight excluding hydrogens is 359 g/mol. The van der Waals surface area contributed by atoms with E-state index in [1.807, 2.05) is 29.7 Å². The first-order valence-electron chi connectivity index (χ1n) is 8.73. The van der Waals surface area contributed by atoms with Crippen LogP contribution in [-0.4, -0.2) is 13.7 Å². The molecule has 2 aromatic heterocycles. The van der Waals surface area contributed by atoms with Crippen molar-refractivity contribution in [2.45, 2.75) is 6.92 Å². The fourth-order valence-corrected chi connectivity index (χ4v) is 3.41. The number of anilines is 1. The average Bonchev–Trinajstić information content (AvgIpc) is 3.08. The average molecular weight is 378 g/mol. The minimum atomic E-state index is -0.413. The van der Waals surface area contributed by atoms with E-state index in [2.05, 4.69) is 0 Å². The molecule has 7 heteroatoms. The summed E-state index contributed by atoms with van der Waals surface area (Å²) < 4.78 is 17.8. The maximum absolute atomic E-state index is 13.5. The van der Waals surface area contributed by atoms with Crippen molar-refractivity contribution in [1.29, 1.82) is 0 Å². The van der Waals surface area contributed by atoms with Crippen molar-refractivity contribution >= 4 is 16.6 Å². The Hall–Kier alpha value is -3.61. The Bertz CT molecular complexity index is 1340. The molecule has 0 aliphatic heterocycles. The summed E-state index contributed by atoms with van der Waals surface area (Å²) in [6.45, 7) is 1.91. The predicted molar refractivity (Wildman–Crippen MR) is 108 cm³/mol. The van der Waals surface area contributed by atoms with Crippen LogP contribution < -0.4 is 17.0 Å². The van der Waals surface area contributed by atoms with E-state index >= 15 is 0 Å². The van der Waals surface area contributed by atoms with Crippen LogP contribution in [0.1, 0.15) is 5.56 Å². The topological polar surface area (TPSA) is 75.0 Å². The summed E-state index contributed by atoms with van der Waals surface area (Å²) in [4.78, 5) is 25.4. The number of benzene rings is 2. The molecule has 0 fully saturated rings. The maximum atomic E-state index is 13.5. The van der Waals surface area contributed by atoms with E-state index in [9.17, 15) is 14.0 Å². The van der Waals surface area contributed by atoms with Crippen LogP contribution in [0.3, 0.4) is 0 Å². The molecule has 0 aliphatic carbocycles. The van der Waals surface area contributed by atoms with Gasteiger partial charge in [-0.1, -0.05) is 6.07 Å². The lowest BCUT2D eigenvalue weighted by Crippen LogP contribution is -2.36. The second-order valence-electron chi connectivity index (χ2n) is 6.86. The molecule has 0 amide bonds. The van der Waals surface area contributed by atoms with Crippen molar-refractivity contribution in [3.63, 3.8) is 0 Å². The number of fused-ring (bicyclic) bond motifs is 1. The largest absolute Gasteiger partial charge is 0.398 e. The molecular formula is C21H19FN4O2. The van der Waals surface area contributed by atoms with Gasteiger partial charge in [-0.25, -0.2) is 9.18 Å². The molecule has 2 heterocycles. The number of rotatable bonds is 2. The molecule has 0 saturated carbocycles. The van der Waals surface area contributed by atoms with Gasteiger partial charge in [0, 0.05) is 31.7 Å². The lowest BCUT2D eigenvalue weighted by atomic mass is 10.1. The van der Waals surface area contributed by atoms with Crippen molar-refractivity contribution in [3.8, 4) is 16.9 Å². The van der Waals surface area contributed by atoms with Gasteiger partial charge in [0.25, 0.3) is 5.56 Å². The molecule has 2 aromatic carbocycles. The third kappa shape index (κ3) is 2.55. The predicted octanol–water partition coefficient (Wildman–Crippen LogP) is 2.72. The zero-order valence-electron chi connectivity index (χ0n) is 15.7. The second kappa shape index (κ2) is 6.23. The highest BCUT2D eigenvalue weighted by atomic mass is 19.1. The van der Waals surface area contributed by atoms with E-state index in [1.165, 1.54) is 23.7 Å². The minimum Gasteiger partial charge on any atom is -0.398 e. The van der Waals surface area contributed by atoms with Gasteiger partial charge in [0.05, 0.1) is 16.6 Å². The first-order valence-corrected chi connectivity index (χ1v) is 8.73. The summed E-state index contributed by atoms with van der Waals surface area (Å²) in [6.07, 6.45) is 1.74. The molecule has 0 bridgehead atoms. The van der Waals surface area contributed by atoms with Crippen LogP contribution in [0.5, 0.6) is 0 Å². The maximum Gasteiger partial charge on any atom is 0.330 e. The summed E-state index contributed by atoms with van der Waals surface area (Å²) >= 11 is 0. The van der Waals surface area contributed by atoms with Crippen molar-refractivity contribution in [1.82, 2.24) is 13.7 Å². The van der Waals surface area contributed by atoms with Gasteiger partial charge in [-0.3, -0.25) is 13.9 Å². The van der Waals surface area contributed by atoms with Crippen LogP contribution in [0.2, 0.25) is 0 Å². The Kier molecular flexibility index (Phi) is 3.96. The summed E-state index contributed by atoms with van der Waals surface area (Å²) in [5, 5.41) is 0.385. The molecule has 142 valence electrons. The van der Waals surface area contributed by atoms with Crippen molar-refractivity contribution in [3.05, 3.63) is 80.9 Å². The number of nitrogens with zero attached hydrogens (tertiary/aromatic N) is 3. The third-order valence-electron chi connectivity index (χ3n) is 5.10. The lowest BCUT2D eigenvalue weighted by Gasteiger charge is -2.12. The third-order valence-corrected chi connectivity index (χ3v) is 5.10. The van der Waals surface area contributed by atoms with Crippen LogP contribution in [0.15, 0.2) is 58.3 Å². The number of halogens is 1. The molecule has 0 saturated heterocycles. The second-order valence-corrected chi connectivity index (χ2v) is 6.86. The quantitative estimate of drug-likeness (QED) is 0.545. The molecule has 0 atom stereocenters. The highest BCUT2D eigenvalue weighted by Crippen LogP contribution is 2.31. The Morgan fingerprint density at radius 2 is 1.64 bits per heavy atom. The van der Waals surface area contributed by atoms with Gasteiger partial charge in [0.1, 0.15) is 5.82 Å². The molecule has 6 nitrogen and oxygen atoms in total. The SMILES string of the molecule is Cc1ccc(-n2cc3c(c2-c2ccc(F)cc2)c(=O)n(C)c(=O)n3C)cc1N. The van der Waals surface area contributed by atoms with E-state index in [-0.39, 0.29) is 5.82 Å². The van der Waals surface area contributed by atoms with Crippen LogP contribution >= 0.6 is 0 Å². The number of nitrogens with two attached hydrogens (primary N) is 1. The van der Waals surface area contributed by atoms with Gasteiger partial charge in [-0.15, -0.1) is 0 Å². The molecule has 0 unspecified atom stereocenters. The number of hydrogen-bond donors (Lipinski definition) is 1. The fourth-order valence-electron chi connectivity index (χ4n) is 3.41. The number of nitrogen functional groups attached to an aromatic ring is 1. The van der Waals surface area contributed by atoms with Gasteiger partial charge < -0.3 is 10.3 Å². The number of aromatic nitrogens is 3. The highest BCUT2D eigenvalue weighted by molar-refractivity contribution is 5.94. The van der Waals surface area contributed by atoms with Crippen LogP contribution in [-0.2, 0) is 14.1 Å². The molecule has 0 aliphatic rings. The number of hydrogen-bond acceptors (Lipinski definition) is 3. The van der Waals surface area contributed by atoms with Crippen LogP contribution in [0.25, 0.3) is 27.8 Å². The van der Waals surface area contributed by atoms with E-state index in [0.29, 0.717) is 27.8 Å².